The number of rotatable bonds is 44. The van der Waals surface area contributed by atoms with Gasteiger partial charge in [0.1, 0.15) is 42.7 Å². The van der Waals surface area contributed by atoms with Crippen molar-refractivity contribution in [1.82, 2.24) is 0 Å². The summed E-state index contributed by atoms with van der Waals surface area (Å²) >= 11 is 0. The van der Waals surface area contributed by atoms with Crippen LogP contribution >= 0.6 is 7.82 Å². The Balaban J connectivity index is 2.34. The number of phosphoric ester groups is 1. The summed E-state index contributed by atoms with van der Waals surface area (Å²) in [6.45, 7) is 4.12. The van der Waals surface area contributed by atoms with Crippen LogP contribution in [0.25, 0.3) is 0 Å². The molecule has 1 fully saturated rings. The first-order chi connectivity index (χ1) is 32.5. The Morgan fingerprint density at radius 2 is 0.881 bits per heavy atom. The molecule has 13 heteroatoms. The highest BCUT2D eigenvalue weighted by Crippen LogP contribution is 2.47. The van der Waals surface area contributed by atoms with Gasteiger partial charge >= 0.3 is 13.8 Å². The summed E-state index contributed by atoms with van der Waals surface area (Å²) in [6, 6.07) is 0. The molecule has 0 aromatic heterocycles. The first-order valence-electron chi connectivity index (χ1n) is 26.3. The zero-order valence-corrected chi connectivity index (χ0v) is 42.6. The van der Waals surface area contributed by atoms with Gasteiger partial charge in [0.25, 0.3) is 0 Å². The summed E-state index contributed by atoms with van der Waals surface area (Å²) < 4.78 is 34.3. The van der Waals surface area contributed by atoms with E-state index in [9.17, 15) is 39.8 Å². The van der Waals surface area contributed by atoms with Crippen molar-refractivity contribution in [3.63, 3.8) is 0 Å². The van der Waals surface area contributed by atoms with Crippen molar-refractivity contribution in [3.8, 4) is 0 Å². The van der Waals surface area contributed by atoms with E-state index >= 15 is 0 Å². The molecule has 1 saturated carbocycles. The molecule has 0 radical (unpaired) electrons. The largest absolute Gasteiger partial charge is 0.472 e. The molecule has 0 amide bonds. The average molecular weight is 967 g/mol. The molecule has 0 aliphatic heterocycles. The maximum Gasteiger partial charge on any atom is 0.472 e. The molecule has 6 N–H and O–H groups in total. The Morgan fingerprint density at radius 1 is 0.493 bits per heavy atom. The fourth-order valence-corrected chi connectivity index (χ4v) is 8.64. The normalized spacial score (nSPS) is 21.9. The Morgan fingerprint density at radius 3 is 1.34 bits per heavy atom. The standard InChI is InChI=1S/C54H95O12P/c1-3-5-7-9-11-13-15-17-19-21-23-24-25-26-28-30-32-34-36-38-40-42-44-63-45-47(46-64-67(61,62)66-54-52(59)50(57)49(56)51(58)53(54)60)65-48(55)43-41-39-37-35-33-31-29-27-22-20-18-16-14-12-10-8-6-4-2/h5,7,11,13-14,16-17,19-20,22-24,47,49-54,56-60H,3-4,6,8-10,12,15,18,21,25-46H2,1-2H3,(H,61,62)/b7-5-,13-11-,16-14-,19-17-,22-20-,24-23-. The number of phosphoric acid groups is 1. The number of unbranched alkanes of at least 4 members (excludes halogenated alkanes) is 20. The third kappa shape index (κ3) is 35.5. The lowest BCUT2D eigenvalue weighted by atomic mass is 9.85. The molecule has 1 rings (SSSR count). The van der Waals surface area contributed by atoms with E-state index in [2.05, 4.69) is 86.8 Å². The van der Waals surface area contributed by atoms with E-state index in [1.165, 1.54) is 77.0 Å². The Hall–Kier alpha value is -2.22. The topological polar surface area (TPSA) is 192 Å². The van der Waals surface area contributed by atoms with Gasteiger partial charge in [-0.2, -0.15) is 0 Å². The summed E-state index contributed by atoms with van der Waals surface area (Å²) in [6.07, 6.45) is 45.3. The molecule has 0 aromatic rings. The molecule has 6 unspecified atom stereocenters. The molecule has 0 spiro atoms. The van der Waals surface area contributed by atoms with E-state index in [-0.39, 0.29) is 13.0 Å². The summed E-state index contributed by atoms with van der Waals surface area (Å²) in [7, 11) is -5.03. The third-order valence-electron chi connectivity index (χ3n) is 11.8. The minimum atomic E-state index is -5.03. The van der Waals surface area contributed by atoms with Gasteiger partial charge in [-0.25, -0.2) is 4.57 Å². The number of esters is 1. The van der Waals surface area contributed by atoms with Gasteiger partial charge in [0, 0.05) is 13.0 Å². The number of carbonyl (C=O) groups excluding carboxylic acids is 1. The number of carbonyl (C=O) groups is 1. The van der Waals surface area contributed by atoms with Gasteiger partial charge in [-0.1, -0.05) is 183 Å². The van der Waals surface area contributed by atoms with Gasteiger partial charge in [0.15, 0.2) is 0 Å². The van der Waals surface area contributed by atoms with Crippen LogP contribution in [-0.4, -0.2) is 98.9 Å². The fourth-order valence-electron chi connectivity index (χ4n) is 7.67. The van der Waals surface area contributed by atoms with Gasteiger partial charge in [-0.05, 0) is 83.5 Å². The fraction of sp³-hybridized carbons (Fsp3) is 0.759. The van der Waals surface area contributed by atoms with Gasteiger partial charge in [0.2, 0.25) is 0 Å². The van der Waals surface area contributed by atoms with Crippen LogP contribution in [0.5, 0.6) is 0 Å². The molecule has 0 saturated heterocycles. The van der Waals surface area contributed by atoms with Crippen molar-refractivity contribution in [2.45, 2.75) is 243 Å². The van der Waals surface area contributed by atoms with Crippen LogP contribution in [0.4, 0.5) is 0 Å². The van der Waals surface area contributed by atoms with Crippen molar-refractivity contribution >= 4 is 13.8 Å². The van der Waals surface area contributed by atoms with Crippen LogP contribution in [-0.2, 0) is 27.9 Å². The van der Waals surface area contributed by atoms with Crippen LogP contribution in [0.1, 0.15) is 200 Å². The smallest absolute Gasteiger partial charge is 0.457 e. The average Bonchev–Trinajstić information content (AvgIpc) is 3.31. The van der Waals surface area contributed by atoms with Gasteiger partial charge in [0.05, 0.1) is 13.2 Å². The van der Waals surface area contributed by atoms with Crippen molar-refractivity contribution in [3.05, 3.63) is 72.9 Å². The van der Waals surface area contributed by atoms with Crippen molar-refractivity contribution in [1.29, 1.82) is 0 Å². The molecular formula is C54H95O12P. The number of aliphatic hydroxyl groups excluding tert-OH is 5. The quantitative estimate of drug-likeness (QED) is 0.0147. The van der Waals surface area contributed by atoms with Crippen LogP contribution in [0.15, 0.2) is 72.9 Å². The lowest BCUT2D eigenvalue weighted by molar-refractivity contribution is -0.220. The zero-order chi connectivity index (χ0) is 49.1. The molecule has 388 valence electrons. The number of hydrogen-bond donors (Lipinski definition) is 6. The zero-order valence-electron chi connectivity index (χ0n) is 41.7. The van der Waals surface area contributed by atoms with Crippen LogP contribution < -0.4 is 0 Å². The lowest BCUT2D eigenvalue weighted by Gasteiger charge is -2.41. The molecule has 1 aliphatic rings. The predicted octanol–water partition coefficient (Wildman–Crippen LogP) is 11.9. The minimum Gasteiger partial charge on any atom is -0.457 e. The van der Waals surface area contributed by atoms with E-state index in [0.717, 1.165) is 96.3 Å². The highest BCUT2D eigenvalue weighted by molar-refractivity contribution is 7.47. The second-order valence-corrected chi connectivity index (χ2v) is 19.4. The molecule has 6 atom stereocenters. The Kier molecular flexibility index (Phi) is 41.0. The molecule has 0 bridgehead atoms. The molecule has 0 heterocycles. The second kappa shape index (κ2) is 43.8. The first kappa shape index (κ1) is 62.8. The van der Waals surface area contributed by atoms with Gasteiger partial charge < -0.3 is 39.9 Å². The van der Waals surface area contributed by atoms with E-state index in [1.54, 1.807) is 0 Å². The van der Waals surface area contributed by atoms with Crippen LogP contribution in [0.2, 0.25) is 0 Å². The summed E-state index contributed by atoms with van der Waals surface area (Å²) in [5.41, 5.74) is 0. The Labute approximate surface area is 406 Å². The predicted molar refractivity (Wildman–Crippen MR) is 271 cm³/mol. The highest BCUT2D eigenvalue weighted by atomic mass is 31.2. The van der Waals surface area contributed by atoms with Crippen molar-refractivity contribution in [2.75, 3.05) is 19.8 Å². The minimum absolute atomic E-state index is 0.0873. The molecular weight excluding hydrogens is 872 g/mol. The number of hydrogen-bond acceptors (Lipinski definition) is 11. The van der Waals surface area contributed by atoms with Crippen LogP contribution in [0, 0.1) is 0 Å². The van der Waals surface area contributed by atoms with Crippen LogP contribution in [0.3, 0.4) is 0 Å². The summed E-state index contributed by atoms with van der Waals surface area (Å²) in [5, 5.41) is 50.3. The van der Waals surface area contributed by atoms with Gasteiger partial charge in [-0.3, -0.25) is 13.8 Å². The highest BCUT2D eigenvalue weighted by Gasteiger charge is 2.51. The first-order valence-corrected chi connectivity index (χ1v) is 27.8. The monoisotopic (exact) mass is 967 g/mol. The third-order valence-corrected chi connectivity index (χ3v) is 12.8. The maximum atomic E-state index is 12.9. The van der Waals surface area contributed by atoms with Crippen molar-refractivity contribution in [2.24, 2.45) is 0 Å². The second-order valence-electron chi connectivity index (χ2n) is 18.0. The number of ether oxygens (including phenoxy) is 2. The molecule has 12 nitrogen and oxygen atoms in total. The SMILES string of the molecule is CC/C=C\C/C=C\C/C=C\C/C=C\CCCCCCCCCCCOCC(COP(=O)(O)OC1C(O)C(O)C(O)C(O)C1O)OC(=O)CCCCCCCCC/C=C\C/C=C\CCCCCC. The number of allylic oxidation sites excluding steroid dienone is 12. The molecule has 0 aromatic carbocycles. The van der Waals surface area contributed by atoms with Gasteiger partial charge in [-0.15, -0.1) is 0 Å². The number of aliphatic hydroxyl groups is 5. The lowest BCUT2D eigenvalue weighted by Crippen LogP contribution is -2.64. The maximum absolute atomic E-state index is 12.9. The summed E-state index contributed by atoms with van der Waals surface area (Å²) in [5.74, 6) is -0.489. The van der Waals surface area contributed by atoms with Crippen molar-refractivity contribution < 1.29 is 58.3 Å². The van der Waals surface area contributed by atoms with E-state index in [1.807, 2.05) is 0 Å². The molecule has 67 heavy (non-hydrogen) atoms. The van der Waals surface area contributed by atoms with E-state index in [4.69, 9.17) is 18.5 Å². The Bertz CT molecular complexity index is 1380. The van der Waals surface area contributed by atoms with E-state index < -0.39 is 63.1 Å². The molecule has 1 aliphatic carbocycles. The summed E-state index contributed by atoms with van der Waals surface area (Å²) in [4.78, 5) is 23.3. The van der Waals surface area contributed by atoms with E-state index in [0.29, 0.717) is 13.0 Å².